The van der Waals surface area contributed by atoms with E-state index in [9.17, 15) is 4.79 Å². The quantitative estimate of drug-likeness (QED) is 0.685. The van der Waals surface area contributed by atoms with Gasteiger partial charge < -0.3 is 10.6 Å². The number of hydrogen-bond acceptors (Lipinski definition) is 3. The van der Waals surface area contributed by atoms with E-state index >= 15 is 0 Å². The van der Waals surface area contributed by atoms with Gasteiger partial charge in [-0.25, -0.2) is 0 Å². The van der Waals surface area contributed by atoms with Crippen LogP contribution in [0.1, 0.15) is 12.8 Å². The van der Waals surface area contributed by atoms with Crippen LogP contribution < -0.4 is 16.2 Å². The van der Waals surface area contributed by atoms with Gasteiger partial charge in [-0.2, -0.15) is 0 Å². The first-order valence-corrected chi connectivity index (χ1v) is 7.14. The van der Waals surface area contributed by atoms with E-state index in [0.29, 0.717) is 0 Å². The summed E-state index contributed by atoms with van der Waals surface area (Å²) in [5.41, 5.74) is 2.86. The maximum atomic E-state index is 11.1. The van der Waals surface area contributed by atoms with Crippen LogP contribution in [0.15, 0.2) is 35.1 Å². The first-order chi connectivity index (χ1) is 9.81. The van der Waals surface area contributed by atoms with Gasteiger partial charge in [0.1, 0.15) is 0 Å². The van der Waals surface area contributed by atoms with Gasteiger partial charge in [-0.3, -0.25) is 15.0 Å². The van der Waals surface area contributed by atoms with Crippen LogP contribution in [0.4, 0.5) is 5.69 Å². The molecule has 5 heteroatoms. The molecule has 0 amide bonds. The number of rotatable bonds is 4. The molecule has 20 heavy (non-hydrogen) atoms. The first kappa shape index (κ1) is 13.0. The van der Waals surface area contributed by atoms with Gasteiger partial charge in [-0.1, -0.05) is 12.1 Å². The maximum Gasteiger partial charge on any atom is 0.264 e. The van der Waals surface area contributed by atoms with Crippen molar-refractivity contribution in [2.24, 2.45) is 5.92 Å². The molecule has 1 aromatic carbocycles. The molecule has 3 rings (SSSR count). The fourth-order valence-corrected chi connectivity index (χ4v) is 2.60. The molecule has 0 aliphatic carbocycles. The average Bonchev–Trinajstić information content (AvgIpc) is 2.93. The Bertz CT molecular complexity index is 593. The molecule has 0 spiro atoms. The third kappa shape index (κ3) is 3.11. The minimum Gasteiger partial charge on any atom is -0.385 e. The summed E-state index contributed by atoms with van der Waals surface area (Å²) in [7, 11) is 0. The summed E-state index contributed by atoms with van der Waals surface area (Å²) < 4.78 is 0. The van der Waals surface area contributed by atoms with Crippen LogP contribution in [0.2, 0.25) is 0 Å². The molecule has 0 saturated carbocycles. The van der Waals surface area contributed by atoms with Crippen molar-refractivity contribution in [2.45, 2.75) is 12.8 Å². The highest BCUT2D eigenvalue weighted by Gasteiger charge is 2.12. The molecule has 0 unspecified atom stereocenters. The van der Waals surface area contributed by atoms with Crippen LogP contribution in [0, 0.1) is 5.92 Å². The molecule has 1 aliphatic rings. The van der Waals surface area contributed by atoms with Crippen LogP contribution in [0.3, 0.4) is 0 Å². The van der Waals surface area contributed by atoms with E-state index < -0.39 is 0 Å². The molecular formula is C15H20N4O. The van der Waals surface area contributed by atoms with E-state index in [1.807, 2.05) is 12.1 Å². The van der Waals surface area contributed by atoms with Crippen molar-refractivity contribution in [3.63, 3.8) is 0 Å². The van der Waals surface area contributed by atoms with E-state index in [0.717, 1.165) is 42.5 Å². The summed E-state index contributed by atoms with van der Waals surface area (Å²) in [6.45, 7) is 3.29. The van der Waals surface area contributed by atoms with E-state index in [-0.39, 0.29) is 5.56 Å². The van der Waals surface area contributed by atoms with Gasteiger partial charge in [0, 0.05) is 18.3 Å². The molecular weight excluding hydrogens is 252 g/mol. The van der Waals surface area contributed by atoms with Crippen LogP contribution >= 0.6 is 0 Å². The number of piperidine rings is 1. The number of hydrogen-bond donors (Lipinski definition) is 4. The lowest BCUT2D eigenvalue weighted by atomic mass is 9.98. The van der Waals surface area contributed by atoms with Gasteiger partial charge in [0.2, 0.25) is 0 Å². The highest BCUT2D eigenvalue weighted by molar-refractivity contribution is 5.62. The number of benzene rings is 1. The van der Waals surface area contributed by atoms with Crippen molar-refractivity contribution in [3.8, 4) is 11.3 Å². The van der Waals surface area contributed by atoms with Crippen LogP contribution in [0.5, 0.6) is 0 Å². The van der Waals surface area contributed by atoms with Crippen LogP contribution in [-0.4, -0.2) is 29.8 Å². The maximum absolute atomic E-state index is 11.1. The number of H-pyrrole nitrogens is 2. The van der Waals surface area contributed by atoms with Crippen molar-refractivity contribution in [2.75, 3.05) is 25.0 Å². The molecule has 1 aliphatic heterocycles. The van der Waals surface area contributed by atoms with Gasteiger partial charge in [-0.05, 0) is 49.5 Å². The van der Waals surface area contributed by atoms with E-state index in [2.05, 4.69) is 33.0 Å². The largest absolute Gasteiger partial charge is 0.385 e. The lowest BCUT2D eigenvalue weighted by Gasteiger charge is -2.23. The van der Waals surface area contributed by atoms with E-state index in [1.54, 1.807) is 6.07 Å². The molecule has 106 valence electrons. The molecule has 0 radical (unpaired) electrons. The number of anilines is 1. The topological polar surface area (TPSA) is 72.7 Å². The minimum absolute atomic E-state index is 0.104. The van der Waals surface area contributed by atoms with E-state index in [1.165, 1.54) is 12.8 Å². The Hall–Kier alpha value is -2.01. The summed E-state index contributed by atoms with van der Waals surface area (Å²) in [5.74, 6) is 0.761. The Labute approximate surface area is 117 Å². The molecule has 1 fully saturated rings. The van der Waals surface area contributed by atoms with Crippen LogP contribution in [-0.2, 0) is 0 Å². The highest BCUT2D eigenvalue weighted by Crippen LogP contribution is 2.19. The van der Waals surface area contributed by atoms with Gasteiger partial charge in [-0.15, -0.1) is 0 Å². The predicted molar refractivity (Wildman–Crippen MR) is 80.9 cm³/mol. The normalized spacial score (nSPS) is 16.2. The predicted octanol–water partition coefficient (Wildman–Crippen LogP) is 1.78. The van der Waals surface area contributed by atoms with Crippen molar-refractivity contribution in [1.82, 2.24) is 15.5 Å². The van der Waals surface area contributed by atoms with Crippen molar-refractivity contribution in [1.29, 1.82) is 0 Å². The van der Waals surface area contributed by atoms with Gasteiger partial charge in [0.05, 0.1) is 5.69 Å². The molecule has 2 aromatic rings. The minimum atomic E-state index is -0.104. The Morgan fingerprint density at radius 3 is 2.50 bits per heavy atom. The second-order valence-electron chi connectivity index (χ2n) is 5.32. The van der Waals surface area contributed by atoms with Gasteiger partial charge in [0.15, 0.2) is 0 Å². The smallest absolute Gasteiger partial charge is 0.264 e. The molecule has 1 aromatic heterocycles. The number of aromatic amines is 2. The SMILES string of the molecule is O=c1cc(-c2ccc(NCC3CCNCC3)cc2)[nH][nH]1. The number of nitrogens with one attached hydrogen (secondary N) is 4. The lowest BCUT2D eigenvalue weighted by Crippen LogP contribution is -2.31. The van der Waals surface area contributed by atoms with E-state index in [4.69, 9.17) is 0 Å². The van der Waals surface area contributed by atoms with Gasteiger partial charge in [0.25, 0.3) is 5.56 Å². The Morgan fingerprint density at radius 1 is 1.10 bits per heavy atom. The second kappa shape index (κ2) is 5.96. The summed E-state index contributed by atoms with van der Waals surface area (Å²) in [6.07, 6.45) is 2.49. The molecule has 0 bridgehead atoms. The number of aromatic nitrogens is 2. The molecule has 2 heterocycles. The van der Waals surface area contributed by atoms with Crippen molar-refractivity contribution in [3.05, 3.63) is 40.7 Å². The molecule has 1 saturated heterocycles. The van der Waals surface area contributed by atoms with Gasteiger partial charge >= 0.3 is 0 Å². The summed E-state index contributed by atoms with van der Waals surface area (Å²) in [6, 6.07) is 9.72. The first-order valence-electron chi connectivity index (χ1n) is 7.14. The fourth-order valence-electron chi connectivity index (χ4n) is 2.60. The zero-order valence-corrected chi connectivity index (χ0v) is 11.4. The Balaban J connectivity index is 1.59. The summed E-state index contributed by atoms with van der Waals surface area (Å²) in [5, 5.41) is 12.3. The molecule has 4 N–H and O–H groups in total. The van der Waals surface area contributed by atoms with Crippen molar-refractivity contribution < 1.29 is 0 Å². The third-order valence-electron chi connectivity index (χ3n) is 3.85. The molecule has 0 atom stereocenters. The zero-order chi connectivity index (χ0) is 13.8. The lowest BCUT2D eigenvalue weighted by molar-refractivity contribution is 0.390. The summed E-state index contributed by atoms with van der Waals surface area (Å²) >= 11 is 0. The molecule has 5 nitrogen and oxygen atoms in total. The van der Waals surface area contributed by atoms with Crippen LogP contribution in [0.25, 0.3) is 11.3 Å². The third-order valence-corrected chi connectivity index (χ3v) is 3.85. The fraction of sp³-hybridized carbons (Fsp3) is 0.400. The summed E-state index contributed by atoms with van der Waals surface area (Å²) in [4.78, 5) is 11.1. The standard InChI is InChI=1S/C15H20N4O/c20-15-9-14(18-19-15)12-1-3-13(4-2-12)17-10-11-5-7-16-8-6-11/h1-4,9,11,16-17H,5-8,10H2,(H2,18,19,20). The average molecular weight is 272 g/mol. The monoisotopic (exact) mass is 272 g/mol. The Morgan fingerprint density at radius 2 is 1.85 bits per heavy atom. The highest BCUT2D eigenvalue weighted by atomic mass is 16.1. The van der Waals surface area contributed by atoms with Crippen molar-refractivity contribution >= 4 is 5.69 Å². The Kier molecular flexibility index (Phi) is 3.87. The second-order valence-corrected chi connectivity index (χ2v) is 5.32. The zero-order valence-electron chi connectivity index (χ0n) is 11.4.